The Morgan fingerprint density at radius 3 is 1.50 bits per heavy atom. The molecule has 0 spiro atoms. The van der Waals surface area contributed by atoms with Crippen LogP contribution in [0.5, 0.6) is 0 Å². The first-order chi connectivity index (χ1) is 13.4. The SMILES string of the molecule is O=C(C1(c2ccccc2Cl)CCCC1Br)C1(c2ccccc2Cl)CCCC1Br. The van der Waals surface area contributed by atoms with E-state index in [1.54, 1.807) is 0 Å². The first-order valence-corrected chi connectivity index (χ1v) is 12.4. The molecule has 2 aromatic rings. The van der Waals surface area contributed by atoms with Gasteiger partial charge >= 0.3 is 0 Å². The molecule has 0 amide bonds. The summed E-state index contributed by atoms with van der Waals surface area (Å²) in [6.07, 6.45) is 5.52. The van der Waals surface area contributed by atoms with E-state index in [2.05, 4.69) is 31.9 Å². The molecular weight excluding hydrogens is 523 g/mol. The molecule has 4 unspecified atom stereocenters. The maximum atomic E-state index is 14.6. The van der Waals surface area contributed by atoms with Gasteiger partial charge in [-0.05, 0) is 48.9 Å². The summed E-state index contributed by atoms with van der Waals surface area (Å²) in [6, 6.07) is 15.7. The summed E-state index contributed by atoms with van der Waals surface area (Å²) < 4.78 is 0. The maximum absolute atomic E-state index is 14.6. The summed E-state index contributed by atoms with van der Waals surface area (Å²) in [7, 11) is 0. The highest BCUT2D eigenvalue weighted by molar-refractivity contribution is 9.09. The van der Waals surface area contributed by atoms with E-state index < -0.39 is 10.8 Å². The lowest BCUT2D eigenvalue weighted by Crippen LogP contribution is -2.54. The van der Waals surface area contributed by atoms with Crippen LogP contribution in [0.4, 0.5) is 0 Å². The second kappa shape index (κ2) is 8.06. The van der Waals surface area contributed by atoms with Crippen molar-refractivity contribution < 1.29 is 4.79 Å². The first kappa shape index (κ1) is 20.9. The molecule has 5 heteroatoms. The number of hydrogen-bond donors (Lipinski definition) is 0. The van der Waals surface area contributed by atoms with E-state index in [9.17, 15) is 4.79 Å². The van der Waals surface area contributed by atoms with Gasteiger partial charge in [-0.2, -0.15) is 0 Å². The van der Waals surface area contributed by atoms with Crippen LogP contribution in [0, 0.1) is 0 Å². The van der Waals surface area contributed by atoms with Gasteiger partial charge in [-0.3, -0.25) is 4.79 Å². The van der Waals surface area contributed by atoms with Gasteiger partial charge in [0.15, 0.2) is 5.78 Å². The normalized spacial score (nSPS) is 32.6. The lowest BCUT2D eigenvalue weighted by molar-refractivity contribution is -0.129. The number of rotatable bonds is 4. The molecule has 2 aliphatic carbocycles. The van der Waals surface area contributed by atoms with Gasteiger partial charge in [-0.1, -0.05) is 104 Å². The predicted octanol–water partition coefficient (Wildman–Crippen LogP) is 7.63. The molecule has 0 saturated heterocycles. The quantitative estimate of drug-likeness (QED) is 0.362. The summed E-state index contributed by atoms with van der Waals surface area (Å²) in [5.41, 5.74) is 0.597. The van der Waals surface area contributed by atoms with E-state index in [0.29, 0.717) is 10.0 Å². The maximum Gasteiger partial charge on any atom is 0.156 e. The van der Waals surface area contributed by atoms with Gasteiger partial charge in [0.05, 0.1) is 10.8 Å². The fraction of sp³-hybridized carbons (Fsp3) is 0.435. The molecule has 2 aliphatic rings. The fourth-order valence-corrected chi connectivity index (χ4v) is 7.96. The Bertz CT molecular complexity index is 830. The molecule has 0 aliphatic heterocycles. The summed E-state index contributed by atoms with van der Waals surface area (Å²) in [4.78, 5) is 14.8. The first-order valence-electron chi connectivity index (χ1n) is 9.77. The van der Waals surface area contributed by atoms with E-state index in [4.69, 9.17) is 23.2 Å². The molecule has 28 heavy (non-hydrogen) atoms. The minimum atomic E-state index is -0.645. The van der Waals surface area contributed by atoms with Gasteiger partial charge in [-0.25, -0.2) is 0 Å². The van der Waals surface area contributed by atoms with E-state index in [1.807, 2.05) is 48.5 Å². The highest BCUT2D eigenvalue weighted by atomic mass is 79.9. The smallest absolute Gasteiger partial charge is 0.156 e. The zero-order valence-electron chi connectivity index (χ0n) is 15.4. The number of hydrogen-bond acceptors (Lipinski definition) is 1. The minimum absolute atomic E-state index is 0.0621. The molecule has 0 radical (unpaired) electrons. The summed E-state index contributed by atoms with van der Waals surface area (Å²) >= 11 is 21.1. The van der Waals surface area contributed by atoms with Crippen molar-refractivity contribution in [2.75, 3.05) is 0 Å². The number of carbonyl (C=O) groups excluding carboxylic acids is 1. The van der Waals surface area contributed by atoms with E-state index >= 15 is 0 Å². The van der Waals surface area contributed by atoms with Gasteiger partial charge in [0.25, 0.3) is 0 Å². The molecule has 2 fully saturated rings. The van der Waals surface area contributed by atoms with Gasteiger partial charge in [0, 0.05) is 19.7 Å². The standard InChI is InChI=1S/C23H22Br2Cl2O/c24-19-11-5-13-22(19,15-7-1-3-9-17(15)26)21(28)23(14-6-12-20(23)25)16-8-2-4-10-18(16)27/h1-4,7-10,19-20H,5-6,11-14H2. The van der Waals surface area contributed by atoms with Crippen molar-refractivity contribution in [2.24, 2.45) is 0 Å². The van der Waals surface area contributed by atoms with Crippen molar-refractivity contribution in [3.8, 4) is 0 Å². The average molecular weight is 545 g/mol. The van der Waals surface area contributed by atoms with Crippen LogP contribution in [0.15, 0.2) is 48.5 Å². The second-order valence-corrected chi connectivity index (χ2v) is 11.0. The Morgan fingerprint density at radius 1 is 0.786 bits per heavy atom. The minimum Gasteiger partial charge on any atom is -0.298 e. The van der Waals surface area contributed by atoms with Crippen LogP contribution >= 0.6 is 55.1 Å². The Labute approximate surface area is 193 Å². The zero-order valence-corrected chi connectivity index (χ0v) is 20.1. The lowest BCUT2D eigenvalue weighted by atomic mass is 9.62. The lowest BCUT2D eigenvalue weighted by Gasteiger charge is -2.43. The predicted molar refractivity (Wildman–Crippen MR) is 124 cm³/mol. The third kappa shape index (κ3) is 3.04. The topological polar surface area (TPSA) is 17.1 Å². The van der Waals surface area contributed by atoms with Gasteiger partial charge in [0.2, 0.25) is 0 Å². The van der Waals surface area contributed by atoms with Gasteiger partial charge in [-0.15, -0.1) is 0 Å². The van der Waals surface area contributed by atoms with Gasteiger partial charge < -0.3 is 0 Å². The fourth-order valence-electron chi connectivity index (χ4n) is 5.33. The van der Waals surface area contributed by atoms with Crippen molar-refractivity contribution in [3.05, 3.63) is 69.7 Å². The third-order valence-corrected chi connectivity index (χ3v) is 9.78. The molecule has 0 heterocycles. The molecule has 4 atom stereocenters. The molecule has 0 bridgehead atoms. The number of alkyl halides is 2. The number of carbonyl (C=O) groups is 1. The summed E-state index contributed by atoms with van der Waals surface area (Å²) in [5.74, 6) is 0.250. The van der Waals surface area contributed by atoms with E-state index in [-0.39, 0.29) is 15.4 Å². The van der Waals surface area contributed by atoms with Crippen molar-refractivity contribution in [1.29, 1.82) is 0 Å². The second-order valence-electron chi connectivity index (χ2n) is 7.95. The van der Waals surface area contributed by atoms with Crippen LogP contribution < -0.4 is 0 Å². The molecular formula is C23H22Br2Cl2O. The number of ketones is 1. The van der Waals surface area contributed by atoms with Crippen LogP contribution in [0.3, 0.4) is 0 Å². The summed E-state index contributed by atoms with van der Waals surface area (Å²) in [6.45, 7) is 0. The highest BCUT2D eigenvalue weighted by Crippen LogP contribution is 2.57. The van der Waals surface area contributed by atoms with Crippen molar-refractivity contribution >= 4 is 60.8 Å². The van der Waals surface area contributed by atoms with E-state index in [0.717, 1.165) is 49.7 Å². The highest BCUT2D eigenvalue weighted by Gasteiger charge is 2.60. The number of benzene rings is 2. The molecule has 1 nitrogen and oxygen atoms in total. The van der Waals surface area contributed by atoms with Crippen molar-refractivity contribution in [3.63, 3.8) is 0 Å². The zero-order chi connectivity index (χ0) is 19.9. The monoisotopic (exact) mass is 542 g/mol. The van der Waals surface area contributed by atoms with Crippen LogP contribution in [-0.2, 0) is 15.6 Å². The van der Waals surface area contributed by atoms with Crippen LogP contribution in [0.1, 0.15) is 49.7 Å². The Hall–Kier alpha value is -0.350. The molecule has 0 aromatic heterocycles. The molecule has 2 aromatic carbocycles. The number of halogens is 4. The number of Topliss-reactive ketones (excluding diaryl/α,β-unsaturated/α-hetero) is 1. The Morgan fingerprint density at radius 2 is 1.18 bits per heavy atom. The van der Waals surface area contributed by atoms with Crippen molar-refractivity contribution in [2.45, 2.75) is 59.0 Å². The molecule has 0 N–H and O–H groups in total. The summed E-state index contributed by atoms with van der Waals surface area (Å²) in [5, 5.41) is 1.33. The molecule has 148 valence electrons. The van der Waals surface area contributed by atoms with Crippen LogP contribution in [0.25, 0.3) is 0 Å². The van der Waals surface area contributed by atoms with Crippen LogP contribution in [-0.4, -0.2) is 15.4 Å². The Kier molecular flexibility index (Phi) is 6.02. The molecule has 2 saturated carbocycles. The Balaban J connectivity index is 1.95. The third-order valence-electron chi connectivity index (χ3n) is 6.65. The molecule has 4 rings (SSSR count). The largest absolute Gasteiger partial charge is 0.298 e. The van der Waals surface area contributed by atoms with Crippen LogP contribution in [0.2, 0.25) is 10.0 Å². The van der Waals surface area contributed by atoms with Crippen molar-refractivity contribution in [1.82, 2.24) is 0 Å². The van der Waals surface area contributed by atoms with E-state index in [1.165, 1.54) is 0 Å². The average Bonchev–Trinajstić information content (AvgIpc) is 3.26. The van der Waals surface area contributed by atoms with Gasteiger partial charge in [0.1, 0.15) is 0 Å².